The second-order valence-electron chi connectivity index (χ2n) is 11.3. The highest BCUT2D eigenvalue weighted by Crippen LogP contribution is 2.33. The zero-order chi connectivity index (χ0) is 23.0. The number of rotatable bonds is 3. The normalized spacial score (nSPS) is 15.5. The van der Waals surface area contributed by atoms with E-state index in [1.165, 1.54) is 22.4 Å². The van der Waals surface area contributed by atoms with Crippen LogP contribution < -0.4 is 4.90 Å². The summed E-state index contributed by atoms with van der Waals surface area (Å²) < 4.78 is 0. The average molecular weight is 421 g/mol. The van der Waals surface area contributed by atoms with Gasteiger partial charge in [-0.1, -0.05) is 73.6 Å². The van der Waals surface area contributed by atoms with Gasteiger partial charge in [-0.3, -0.25) is 4.79 Å². The summed E-state index contributed by atoms with van der Waals surface area (Å²) in [5, 5.41) is 0. The van der Waals surface area contributed by atoms with E-state index in [1.807, 2.05) is 17.0 Å². The molecular formula is C28H40N2O. The molecule has 1 amide bonds. The first kappa shape index (κ1) is 23.4. The van der Waals surface area contributed by atoms with Gasteiger partial charge < -0.3 is 9.80 Å². The minimum atomic E-state index is 0.107. The minimum absolute atomic E-state index is 0.107. The Balaban J connectivity index is 1.75. The Kier molecular flexibility index (Phi) is 6.55. The van der Waals surface area contributed by atoms with Crippen LogP contribution in [0.3, 0.4) is 0 Å². The topological polar surface area (TPSA) is 23.6 Å². The number of hydrogen-bond donors (Lipinski definition) is 0. The van der Waals surface area contributed by atoms with E-state index in [9.17, 15) is 4.79 Å². The Labute approximate surface area is 189 Å². The van der Waals surface area contributed by atoms with Gasteiger partial charge in [0, 0.05) is 37.4 Å². The molecule has 0 saturated carbocycles. The molecule has 1 fully saturated rings. The van der Waals surface area contributed by atoms with Gasteiger partial charge in [-0.05, 0) is 57.7 Å². The van der Waals surface area contributed by atoms with Crippen molar-refractivity contribution >= 4 is 11.6 Å². The molecule has 2 aromatic rings. The summed E-state index contributed by atoms with van der Waals surface area (Å²) in [7, 11) is 0. The Morgan fingerprint density at radius 3 is 1.68 bits per heavy atom. The van der Waals surface area contributed by atoms with E-state index in [0.29, 0.717) is 5.92 Å². The quantitative estimate of drug-likeness (QED) is 0.576. The molecule has 0 aliphatic carbocycles. The summed E-state index contributed by atoms with van der Waals surface area (Å²) in [5.41, 5.74) is 6.31. The van der Waals surface area contributed by atoms with Crippen molar-refractivity contribution in [3.8, 4) is 0 Å². The van der Waals surface area contributed by atoms with Gasteiger partial charge in [-0.15, -0.1) is 0 Å². The Morgan fingerprint density at radius 2 is 1.26 bits per heavy atom. The van der Waals surface area contributed by atoms with E-state index in [2.05, 4.69) is 90.6 Å². The van der Waals surface area contributed by atoms with Crippen LogP contribution in [0, 0.1) is 0 Å². The lowest BCUT2D eigenvalue weighted by molar-refractivity contribution is 0.0746. The molecule has 168 valence electrons. The highest BCUT2D eigenvalue weighted by Gasteiger charge is 2.25. The summed E-state index contributed by atoms with van der Waals surface area (Å²) in [6.07, 6.45) is 0. The van der Waals surface area contributed by atoms with Crippen molar-refractivity contribution in [2.45, 2.75) is 72.1 Å². The minimum Gasteiger partial charge on any atom is -0.368 e. The van der Waals surface area contributed by atoms with Crippen molar-refractivity contribution in [1.82, 2.24) is 4.90 Å². The van der Waals surface area contributed by atoms with E-state index >= 15 is 0 Å². The average Bonchev–Trinajstić information content (AvgIpc) is 2.72. The van der Waals surface area contributed by atoms with Gasteiger partial charge in [0.15, 0.2) is 0 Å². The first-order valence-electron chi connectivity index (χ1n) is 11.7. The predicted molar refractivity (Wildman–Crippen MR) is 132 cm³/mol. The van der Waals surface area contributed by atoms with Gasteiger partial charge >= 0.3 is 0 Å². The molecule has 0 N–H and O–H groups in total. The molecule has 1 heterocycles. The molecule has 2 aromatic carbocycles. The largest absolute Gasteiger partial charge is 0.368 e. The van der Waals surface area contributed by atoms with Crippen LogP contribution in [0.4, 0.5) is 5.69 Å². The number of benzene rings is 2. The fraction of sp³-hybridized carbons (Fsp3) is 0.536. The first-order valence-corrected chi connectivity index (χ1v) is 11.7. The number of carbonyl (C=O) groups is 1. The maximum absolute atomic E-state index is 13.0. The molecule has 1 saturated heterocycles. The third-order valence-corrected chi connectivity index (χ3v) is 6.41. The van der Waals surface area contributed by atoms with Crippen molar-refractivity contribution in [2.75, 3.05) is 31.1 Å². The van der Waals surface area contributed by atoms with Gasteiger partial charge in [0.1, 0.15) is 0 Å². The van der Waals surface area contributed by atoms with Gasteiger partial charge in [-0.25, -0.2) is 0 Å². The molecule has 0 spiro atoms. The van der Waals surface area contributed by atoms with Crippen LogP contribution in [0.5, 0.6) is 0 Å². The van der Waals surface area contributed by atoms with E-state index in [-0.39, 0.29) is 16.7 Å². The van der Waals surface area contributed by atoms with Crippen LogP contribution in [-0.4, -0.2) is 37.0 Å². The second-order valence-corrected chi connectivity index (χ2v) is 11.3. The van der Waals surface area contributed by atoms with Gasteiger partial charge in [-0.2, -0.15) is 0 Å². The van der Waals surface area contributed by atoms with Gasteiger partial charge in [0.2, 0.25) is 0 Å². The monoisotopic (exact) mass is 420 g/mol. The number of anilines is 1. The third-order valence-electron chi connectivity index (χ3n) is 6.41. The first-order chi connectivity index (χ1) is 14.4. The van der Waals surface area contributed by atoms with Crippen molar-refractivity contribution in [2.24, 2.45) is 0 Å². The molecular weight excluding hydrogens is 380 g/mol. The van der Waals surface area contributed by atoms with Crippen LogP contribution in [0.2, 0.25) is 0 Å². The zero-order valence-corrected chi connectivity index (χ0v) is 20.7. The highest BCUT2D eigenvalue weighted by molar-refractivity contribution is 5.94. The second kappa shape index (κ2) is 8.68. The molecule has 0 unspecified atom stereocenters. The van der Waals surface area contributed by atoms with Crippen LogP contribution in [0.25, 0.3) is 0 Å². The SMILES string of the molecule is CC(C)c1ccc(C(=O)N2CCN(c3cc(C(C)(C)C)cc(C(C)(C)C)c3)CC2)cc1. The predicted octanol–water partition coefficient (Wildman–Crippen LogP) is 6.37. The fourth-order valence-electron chi connectivity index (χ4n) is 4.02. The zero-order valence-electron chi connectivity index (χ0n) is 20.7. The van der Waals surface area contributed by atoms with Crippen molar-refractivity contribution < 1.29 is 4.79 Å². The van der Waals surface area contributed by atoms with Crippen LogP contribution in [0.1, 0.15) is 88.4 Å². The smallest absolute Gasteiger partial charge is 0.253 e. The third kappa shape index (κ3) is 5.50. The number of hydrogen-bond acceptors (Lipinski definition) is 2. The van der Waals surface area contributed by atoms with Crippen LogP contribution in [-0.2, 0) is 10.8 Å². The molecule has 0 bridgehead atoms. The van der Waals surface area contributed by atoms with E-state index in [4.69, 9.17) is 0 Å². The summed E-state index contributed by atoms with van der Waals surface area (Å²) in [5.74, 6) is 0.628. The highest BCUT2D eigenvalue weighted by atomic mass is 16.2. The number of piperazine rings is 1. The molecule has 3 rings (SSSR count). The molecule has 1 aliphatic heterocycles. The lowest BCUT2D eigenvalue weighted by atomic mass is 9.80. The molecule has 3 nitrogen and oxygen atoms in total. The maximum Gasteiger partial charge on any atom is 0.253 e. The Bertz CT molecular complexity index is 873. The van der Waals surface area contributed by atoms with Gasteiger partial charge in [0.05, 0.1) is 0 Å². The lowest BCUT2D eigenvalue weighted by Crippen LogP contribution is -2.49. The van der Waals surface area contributed by atoms with E-state index < -0.39 is 0 Å². The standard InChI is InChI=1S/C28H40N2O/c1-20(2)21-9-11-22(12-10-21)26(31)30-15-13-29(14-16-30)25-18-23(27(3,4)5)17-24(19-25)28(6,7)8/h9-12,17-20H,13-16H2,1-8H3. The lowest BCUT2D eigenvalue weighted by Gasteiger charge is -2.37. The van der Waals surface area contributed by atoms with Crippen molar-refractivity contribution in [1.29, 1.82) is 0 Å². The van der Waals surface area contributed by atoms with Gasteiger partial charge in [0.25, 0.3) is 5.91 Å². The fourth-order valence-corrected chi connectivity index (χ4v) is 4.02. The number of carbonyl (C=O) groups excluding carboxylic acids is 1. The Hall–Kier alpha value is -2.29. The molecule has 0 radical (unpaired) electrons. The maximum atomic E-state index is 13.0. The van der Waals surface area contributed by atoms with Crippen molar-refractivity contribution in [3.05, 3.63) is 64.7 Å². The number of amides is 1. The van der Waals surface area contributed by atoms with Crippen molar-refractivity contribution in [3.63, 3.8) is 0 Å². The summed E-state index contributed by atoms with van der Waals surface area (Å²) >= 11 is 0. The van der Waals surface area contributed by atoms with E-state index in [1.54, 1.807) is 0 Å². The van der Waals surface area contributed by atoms with E-state index in [0.717, 1.165) is 31.7 Å². The Morgan fingerprint density at radius 1 is 0.774 bits per heavy atom. The van der Waals surface area contributed by atoms with Crippen LogP contribution >= 0.6 is 0 Å². The molecule has 3 heteroatoms. The molecule has 1 aliphatic rings. The molecule has 0 atom stereocenters. The summed E-state index contributed by atoms with van der Waals surface area (Å²) in [6.45, 7) is 21.3. The molecule has 31 heavy (non-hydrogen) atoms. The number of nitrogens with zero attached hydrogens (tertiary/aromatic N) is 2. The summed E-state index contributed by atoms with van der Waals surface area (Å²) in [6, 6.07) is 15.2. The summed E-state index contributed by atoms with van der Waals surface area (Å²) in [4.78, 5) is 17.4. The molecule has 0 aromatic heterocycles. The van der Waals surface area contributed by atoms with Crippen LogP contribution in [0.15, 0.2) is 42.5 Å².